The molecule has 1 aromatic carbocycles. The van der Waals surface area contributed by atoms with E-state index in [4.69, 9.17) is 4.74 Å². The number of carbonyl (C=O) groups excluding carboxylic acids is 2. The summed E-state index contributed by atoms with van der Waals surface area (Å²) in [5.41, 5.74) is 2.04. The SMILES string of the molecule is CC(C)=CC(=O)C1CC2CCCC(C1)N2C(=O)OCc1ccccc1. The zero-order valence-electron chi connectivity index (χ0n) is 15.1. The lowest BCUT2D eigenvalue weighted by Crippen LogP contribution is -2.55. The van der Waals surface area contributed by atoms with E-state index in [0.717, 1.165) is 43.2 Å². The summed E-state index contributed by atoms with van der Waals surface area (Å²) in [6, 6.07) is 10.0. The van der Waals surface area contributed by atoms with Gasteiger partial charge in [0.05, 0.1) is 0 Å². The smallest absolute Gasteiger partial charge is 0.410 e. The zero-order valence-corrected chi connectivity index (χ0v) is 15.1. The van der Waals surface area contributed by atoms with Crippen LogP contribution in [0, 0.1) is 5.92 Å². The Morgan fingerprint density at radius 3 is 2.36 bits per heavy atom. The number of ether oxygens (including phenoxy) is 1. The average Bonchev–Trinajstić information content (AvgIpc) is 2.58. The Kier molecular flexibility index (Phi) is 5.57. The summed E-state index contributed by atoms with van der Waals surface area (Å²) in [5.74, 6) is 0.262. The number of hydrogen-bond donors (Lipinski definition) is 0. The minimum Gasteiger partial charge on any atom is -0.445 e. The number of piperidine rings is 2. The summed E-state index contributed by atoms with van der Waals surface area (Å²) >= 11 is 0. The van der Waals surface area contributed by atoms with Crippen molar-refractivity contribution in [3.05, 3.63) is 47.5 Å². The van der Waals surface area contributed by atoms with Gasteiger partial charge in [-0.25, -0.2) is 4.79 Å². The molecule has 1 amide bonds. The molecule has 0 radical (unpaired) electrons. The maximum atomic E-state index is 12.6. The molecule has 3 rings (SSSR count). The first-order chi connectivity index (χ1) is 12.0. The normalized spacial score (nSPS) is 25.2. The number of benzene rings is 1. The van der Waals surface area contributed by atoms with Crippen LogP contribution in [0.4, 0.5) is 4.79 Å². The Bertz CT molecular complexity index is 634. The van der Waals surface area contributed by atoms with Crippen LogP contribution in [0.1, 0.15) is 51.5 Å². The highest BCUT2D eigenvalue weighted by molar-refractivity contribution is 5.92. The van der Waals surface area contributed by atoms with Gasteiger partial charge in [-0.05, 0) is 57.6 Å². The van der Waals surface area contributed by atoms with Crippen LogP contribution < -0.4 is 0 Å². The molecule has 4 nitrogen and oxygen atoms in total. The van der Waals surface area contributed by atoms with E-state index in [2.05, 4.69) is 0 Å². The summed E-state index contributed by atoms with van der Waals surface area (Å²) in [5, 5.41) is 0. The molecule has 0 aromatic heterocycles. The van der Waals surface area contributed by atoms with Crippen LogP contribution in [0.3, 0.4) is 0 Å². The molecule has 0 saturated carbocycles. The van der Waals surface area contributed by atoms with Crippen molar-refractivity contribution in [3.8, 4) is 0 Å². The van der Waals surface area contributed by atoms with E-state index in [9.17, 15) is 9.59 Å². The van der Waals surface area contributed by atoms with Crippen LogP contribution >= 0.6 is 0 Å². The van der Waals surface area contributed by atoms with Crippen molar-refractivity contribution >= 4 is 11.9 Å². The van der Waals surface area contributed by atoms with Crippen LogP contribution in [-0.2, 0) is 16.1 Å². The number of nitrogens with zero attached hydrogens (tertiary/aromatic N) is 1. The molecular formula is C21H27NO3. The van der Waals surface area contributed by atoms with E-state index in [1.165, 1.54) is 0 Å². The zero-order chi connectivity index (χ0) is 17.8. The summed E-state index contributed by atoms with van der Waals surface area (Å²) < 4.78 is 5.55. The molecule has 2 heterocycles. The lowest BCUT2D eigenvalue weighted by Gasteiger charge is -2.47. The van der Waals surface area contributed by atoms with Crippen LogP contribution in [0.2, 0.25) is 0 Å². The highest BCUT2D eigenvalue weighted by Crippen LogP contribution is 2.38. The second-order valence-electron chi connectivity index (χ2n) is 7.48. The molecule has 2 atom stereocenters. The van der Waals surface area contributed by atoms with Gasteiger partial charge in [-0.3, -0.25) is 4.79 Å². The maximum absolute atomic E-state index is 12.6. The first kappa shape index (κ1) is 17.7. The summed E-state index contributed by atoms with van der Waals surface area (Å²) in [6.45, 7) is 4.21. The van der Waals surface area contributed by atoms with Crippen LogP contribution in [0.25, 0.3) is 0 Å². The largest absolute Gasteiger partial charge is 0.445 e. The molecule has 2 aliphatic heterocycles. The molecule has 0 spiro atoms. The number of carbonyl (C=O) groups is 2. The molecule has 2 bridgehead atoms. The van der Waals surface area contributed by atoms with E-state index in [0.29, 0.717) is 6.61 Å². The van der Waals surface area contributed by atoms with Gasteiger partial charge in [0, 0.05) is 18.0 Å². The molecule has 0 aliphatic carbocycles. The molecule has 2 fully saturated rings. The standard InChI is InChI=1S/C21H27NO3/c1-15(2)11-20(23)17-12-18-9-6-10-19(13-17)22(18)21(24)25-14-16-7-4-3-5-8-16/h3-5,7-8,11,17-19H,6,9-10,12-14H2,1-2H3. The second kappa shape index (κ2) is 7.85. The van der Waals surface area contributed by atoms with Crippen molar-refractivity contribution in [2.24, 2.45) is 5.92 Å². The predicted octanol–water partition coefficient (Wildman–Crippen LogP) is 4.49. The van der Waals surface area contributed by atoms with Crippen molar-refractivity contribution in [1.82, 2.24) is 4.90 Å². The first-order valence-corrected chi connectivity index (χ1v) is 9.22. The van der Waals surface area contributed by atoms with Gasteiger partial charge >= 0.3 is 6.09 Å². The first-order valence-electron chi connectivity index (χ1n) is 9.22. The quantitative estimate of drug-likeness (QED) is 0.758. The molecule has 2 unspecified atom stereocenters. The fraction of sp³-hybridized carbons (Fsp3) is 0.524. The second-order valence-corrected chi connectivity index (χ2v) is 7.48. The Morgan fingerprint density at radius 2 is 1.76 bits per heavy atom. The number of hydrogen-bond acceptors (Lipinski definition) is 3. The molecule has 25 heavy (non-hydrogen) atoms. The molecule has 2 saturated heterocycles. The lowest BCUT2D eigenvalue weighted by molar-refractivity contribution is -0.122. The molecular weight excluding hydrogens is 314 g/mol. The minimum absolute atomic E-state index is 0.0448. The van der Waals surface area contributed by atoms with Gasteiger partial charge in [0.2, 0.25) is 0 Å². The number of amides is 1. The van der Waals surface area contributed by atoms with Gasteiger partial charge in [0.15, 0.2) is 5.78 Å². The van der Waals surface area contributed by atoms with Gasteiger partial charge in [-0.2, -0.15) is 0 Å². The number of fused-ring (bicyclic) bond motifs is 2. The fourth-order valence-electron chi connectivity index (χ4n) is 4.11. The third-order valence-electron chi connectivity index (χ3n) is 5.22. The average molecular weight is 341 g/mol. The lowest BCUT2D eigenvalue weighted by atomic mass is 9.76. The number of ketones is 1. The minimum atomic E-state index is -0.230. The summed E-state index contributed by atoms with van der Waals surface area (Å²) in [6.07, 6.45) is 6.11. The predicted molar refractivity (Wildman–Crippen MR) is 97.1 cm³/mol. The Hall–Kier alpha value is -2.10. The molecule has 2 aliphatic rings. The summed E-state index contributed by atoms with van der Waals surface area (Å²) in [7, 11) is 0. The van der Waals surface area contributed by atoms with Crippen LogP contribution in [-0.4, -0.2) is 28.9 Å². The van der Waals surface area contributed by atoms with Gasteiger partial charge in [-0.1, -0.05) is 35.9 Å². The van der Waals surface area contributed by atoms with Crippen molar-refractivity contribution in [2.45, 2.75) is 64.6 Å². The van der Waals surface area contributed by atoms with Crippen molar-refractivity contribution in [1.29, 1.82) is 0 Å². The van der Waals surface area contributed by atoms with E-state index >= 15 is 0 Å². The van der Waals surface area contributed by atoms with E-state index in [1.54, 1.807) is 6.08 Å². The number of rotatable bonds is 4. The topological polar surface area (TPSA) is 46.6 Å². The van der Waals surface area contributed by atoms with Gasteiger partial charge < -0.3 is 9.64 Å². The monoisotopic (exact) mass is 341 g/mol. The van der Waals surface area contributed by atoms with E-state index in [1.807, 2.05) is 49.1 Å². The van der Waals surface area contributed by atoms with Crippen LogP contribution in [0.5, 0.6) is 0 Å². The fourth-order valence-corrected chi connectivity index (χ4v) is 4.11. The Balaban J connectivity index is 1.64. The Labute approximate surface area is 149 Å². The molecule has 1 aromatic rings. The van der Waals surface area contributed by atoms with Crippen molar-refractivity contribution in [3.63, 3.8) is 0 Å². The maximum Gasteiger partial charge on any atom is 0.410 e. The number of allylic oxidation sites excluding steroid dienone is 2. The summed E-state index contributed by atoms with van der Waals surface area (Å²) in [4.78, 5) is 27.0. The highest BCUT2D eigenvalue weighted by atomic mass is 16.6. The molecule has 4 heteroatoms. The van der Waals surface area contributed by atoms with Gasteiger partial charge in [0.1, 0.15) is 6.61 Å². The molecule has 134 valence electrons. The van der Waals surface area contributed by atoms with E-state index < -0.39 is 0 Å². The van der Waals surface area contributed by atoms with Crippen LogP contribution in [0.15, 0.2) is 42.0 Å². The molecule has 0 N–H and O–H groups in total. The van der Waals surface area contributed by atoms with Gasteiger partial charge in [-0.15, -0.1) is 0 Å². The third kappa shape index (κ3) is 4.30. The highest BCUT2D eigenvalue weighted by Gasteiger charge is 2.43. The van der Waals surface area contributed by atoms with Crippen molar-refractivity contribution in [2.75, 3.05) is 0 Å². The van der Waals surface area contributed by atoms with Crippen molar-refractivity contribution < 1.29 is 14.3 Å². The third-order valence-corrected chi connectivity index (χ3v) is 5.22. The van der Waals surface area contributed by atoms with E-state index in [-0.39, 0.29) is 29.9 Å². The van der Waals surface area contributed by atoms with Gasteiger partial charge in [0.25, 0.3) is 0 Å². The Morgan fingerprint density at radius 1 is 1.12 bits per heavy atom.